The standard InChI is InChI=1S/C26H35N5O3/c1-18(32)28-21-6-2-19(3-7-21)17-34-25-24(20-4-5-20)16-27-26(30-25)29-22-8-10-23(11-9-22)31-12-14-33-15-13-31/h8-11,16,19-21H,2-7,12-15,17H2,1H3,(H,28,32)(H,27,29,30). The Bertz CT molecular complexity index is 965. The molecule has 2 aliphatic carbocycles. The number of hydrogen-bond donors (Lipinski definition) is 2. The van der Waals surface area contributed by atoms with Crippen LogP contribution in [-0.2, 0) is 9.53 Å². The van der Waals surface area contributed by atoms with Crippen molar-refractivity contribution in [2.75, 3.05) is 43.1 Å². The first-order valence-electron chi connectivity index (χ1n) is 12.6. The fourth-order valence-electron chi connectivity index (χ4n) is 4.89. The van der Waals surface area contributed by atoms with E-state index in [2.05, 4.69) is 44.8 Å². The average Bonchev–Trinajstić information content (AvgIpc) is 3.70. The molecule has 3 fully saturated rings. The van der Waals surface area contributed by atoms with Gasteiger partial charge in [0.25, 0.3) is 0 Å². The van der Waals surface area contributed by atoms with E-state index in [1.54, 1.807) is 6.92 Å². The van der Waals surface area contributed by atoms with Crippen molar-refractivity contribution in [3.8, 4) is 5.88 Å². The van der Waals surface area contributed by atoms with Crippen LogP contribution in [0.5, 0.6) is 5.88 Å². The van der Waals surface area contributed by atoms with Crippen molar-refractivity contribution in [1.82, 2.24) is 15.3 Å². The minimum absolute atomic E-state index is 0.0607. The molecule has 0 bridgehead atoms. The number of carbonyl (C=O) groups is 1. The van der Waals surface area contributed by atoms with Crippen molar-refractivity contribution in [3.63, 3.8) is 0 Å². The lowest BCUT2D eigenvalue weighted by molar-refractivity contribution is -0.119. The highest BCUT2D eigenvalue weighted by molar-refractivity contribution is 5.73. The fourth-order valence-corrected chi connectivity index (χ4v) is 4.89. The number of hydrogen-bond acceptors (Lipinski definition) is 7. The molecule has 0 radical (unpaired) electrons. The minimum atomic E-state index is 0.0607. The van der Waals surface area contributed by atoms with Crippen molar-refractivity contribution in [2.24, 2.45) is 5.92 Å². The highest BCUT2D eigenvalue weighted by Gasteiger charge is 2.29. The van der Waals surface area contributed by atoms with Gasteiger partial charge in [0.05, 0.1) is 19.8 Å². The predicted octanol–water partition coefficient (Wildman–Crippen LogP) is 4.01. The summed E-state index contributed by atoms with van der Waals surface area (Å²) in [6.45, 7) is 5.66. The Hall–Kier alpha value is -2.87. The second-order valence-corrected chi connectivity index (χ2v) is 9.73. The summed E-state index contributed by atoms with van der Waals surface area (Å²) < 4.78 is 11.7. The Morgan fingerprint density at radius 2 is 1.82 bits per heavy atom. The van der Waals surface area contributed by atoms with Crippen LogP contribution in [0.4, 0.5) is 17.3 Å². The van der Waals surface area contributed by atoms with E-state index in [1.165, 1.54) is 18.5 Å². The molecule has 1 aromatic carbocycles. The van der Waals surface area contributed by atoms with Gasteiger partial charge in [0.15, 0.2) is 0 Å². The number of ether oxygens (including phenoxy) is 2. The SMILES string of the molecule is CC(=O)NC1CCC(COc2nc(Nc3ccc(N4CCOCC4)cc3)ncc2C2CC2)CC1. The normalized spacial score (nSPS) is 22.8. The summed E-state index contributed by atoms with van der Waals surface area (Å²) in [4.78, 5) is 23.0. The summed E-state index contributed by atoms with van der Waals surface area (Å²) >= 11 is 0. The molecule has 8 heteroatoms. The van der Waals surface area contributed by atoms with Gasteiger partial charge in [-0.3, -0.25) is 4.79 Å². The lowest BCUT2D eigenvalue weighted by atomic mass is 9.86. The van der Waals surface area contributed by atoms with Crippen LogP contribution in [0.15, 0.2) is 30.5 Å². The largest absolute Gasteiger partial charge is 0.477 e. The number of carbonyl (C=O) groups excluding carboxylic acids is 1. The van der Waals surface area contributed by atoms with Gasteiger partial charge in [-0.05, 0) is 74.6 Å². The second kappa shape index (κ2) is 10.6. The van der Waals surface area contributed by atoms with Crippen LogP contribution in [0.1, 0.15) is 56.9 Å². The van der Waals surface area contributed by atoms with Crippen LogP contribution in [0, 0.1) is 5.92 Å². The second-order valence-electron chi connectivity index (χ2n) is 9.73. The van der Waals surface area contributed by atoms with Crippen molar-refractivity contribution in [2.45, 2.75) is 57.4 Å². The van der Waals surface area contributed by atoms with E-state index < -0.39 is 0 Å². The first-order chi connectivity index (χ1) is 16.6. The van der Waals surface area contributed by atoms with Gasteiger partial charge < -0.3 is 25.0 Å². The van der Waals surface area contributed by atoms with E-state index in [0.29, 0.717) is 36.3 Å². The summed E-state index contributed by atoms with van der Waals surface area (Å²) in [5.74, 6) is 2.36. The highest BCUT2D eigenvalue weighted by atomic mass is 16.5. The number of rotatable bonds is 8. The zero-order valence-corrected chi connectivity index (χ0v) is 20.0. The zero-order chi connectivity index (χ0) is 23.3. The Balaban J connectivity index is 1.19. The smallest absolute Gasteiger partial charge is 0.230 e. The molecule has 3 aliphatic rings. The van der Waals surface area contributed by atoms with Crippen LogP contribution in [0.25, 0.3) is 0 Å². The molecule has 182 valence electrons. The third-order valence-electron chi connectivity index (χ3n) is 7.01. The molecule has 2 heterocycles. The van der Waals surface area contributed by atoms with Crippen molar-refractivity contribution < 1.29 is 14.3 Å². The molecule has 1 aromatic heterocycles. The summed E-state index contributed by atoms with van der Waals surface area (Å²) in [6, 6.07) is 8.69. The molecule has 1 saturated heterocycles. The molecule has 0 atom stereocenters. The molecular weight excluding hydrogens is 430 g/mol. The topological polar surface area (TPSA) is 88.6 Å². The van der Waals surface area contributed by atoms with E-state index in [-0.39, 0.29) is 5.91 Å². The third kappa shape index (κ3) is 5.97. The van der Waals surface area contributed by atoms with E-state index in [4.69, 9.17) is 14.5 Å². The van der Waals surface area contributed by atoms with Gasteiger partial charge >= 0.3 is 0 Å². The van der Waals surface area contributed by atoms with E-state index in [9.17, 15) is 4.79 Å². The predicted molar refractivity (Wildman–Crippen MR) is 132 cm³/mol. The molecule has 5 rings (SSSR count). The molecule has 2 N–H and O–H groups in total. The number of morpholine rings is 1. The Kier molecular flexibility index (Phi) is 7.13. The number of benzene rings is 1. The Labute approximate surface area is 201 Å². The molecular formula is C26H35N5O3. The van der Waals surface area contributed by atoms with Gasteiger partial charge in [0.2, 0.25) is 17.7 Å². The highest BCUT2D eigenvalue weighted by Crippen LogP contribution is 2.44. The number of amides is 1. The number of anilines is 3. The minimum Gasteiger partial charge on any atom is -0.477 e. The van der Waals surface area contributed by atoms with Crippen molar-refractivity contribution >= 4 is 23.2 Å². The van der Waals surface area contributed by atoms with Crippen LogP contribution in [0.2, 0.25) is 0 Å². The molecule has 2 aromatic rings. The van der Waals surface area contributed by atoms with Gasteiger partial charge in [0.1, 0.15) is 0 Å². The molecule has 1 aliphatic heterocycles. The van der Waals surface area contributed by atoms with Crippen molar-refractivity contribution in [3.05, 3.63) is 36.0 Å². The van der Waals surface area contributed by atoms with Crippen LogP contribution in [-0.4, -0.2) is 54.8 Å². The maximum atomic E-state index is 11.3. The van der Waals surface area contributed by atoms with Crippen LogP contribution >= 0.6 is 0 Å². The molecule has 1 amide bonds. The zero-order valence-electron chi connectivity index (χ0n) is 20.0. The third-order valence-corrected chi connectivity index (χ3v) is 7.01. The summed E-state index contributed by atoms with van der Waals surface area (Å²) in [5, 5.41) is 6.38. The molecule has 8 nitrogen and oxygen atoms in total. The van der Waals surface area contributed by atoms with E-state index >= 15 is 0 Å². The fraction of sp³-hybridized carbons (Fsp3) is 0.577. The number of nitrogens with one attached hydrogen (secondary N) is 2. The average molecular weight is 466 g/mol. The molecule has 2 saturated carbocycles. The first kappa shape index (κ1) is 22.9. The quantitative estimate of drug-likeness (QED) is 0.609. The Morgan fingerprint density at radius 1 is 1.09 bits per heavy atom. The van der Waals surface area contributed by atoms with Crippen molar-refractivity contribution in [1.29, 1.82) is 0 Å². The number of nitrogens with zero attached hydrogens (tertiary/aromatic N) is 3. The molecule has 0 unspecified atom stereocenters. The first-order valence-corrected chi connectivity index (χ1v) is 12.6. The number of aromatic nitrogens is 2. The van der Waals surface area contributed by atoms with Gasteiger partial charge in [0, 0.05) is 49.2 Å². The monoisotopic (exact) mass is 465 g/mol. The van der Waals surface area contributed by atoms with Gasteiger partial charge in [-0.2, -0.15) is 4.98 Å². The summed E-state index contributed by atoms with van der Waals surface area (Å²) in [5.41, 5.74) is 3.29. The summed E-state index contributed by atoms with van der Waals surface area (Å²) in [6.07, 6.45) is 8.44. The lowest BCUT2D eigenvalue weighted by Gasteiger charge is -2.29. The molecule has 0 spiro atoms. The maximum Gasteiger partial charge on any atom is 0.230 e. The van der Waals surface area contributed by atoms with Gasteiger partial charge in [-0.15, -0.1) is 0 Å². The van der Waals surface area contributed by atoms with Gasteiger partial charge in [-0.1, -0.05) is 0 Å². The van der Waals surface area contributed by atoms with Crippen LogP contribution in [0.3, 0.4) is 0 Å². The van der Waals surface area contributed by atoms with E-state index in [0.717, 1.165) is 63.2 Å². The van der Waals surface area contributed by atoms with Gasteiger partial charge in [-0.25, -0.2) is 4.98 Å². The lowest BCUT2D eigenvalue weighted by Crippen LogP contribution is -2.37. The summed E-state index contributed by atoms with van der Waals surface area (Å²) in [7, 11) is 0. The Morgan fingerprint density at radius 3 is 2.50 bits per heavy atom. The molecule has 34 heavy (non-hydrogen) atoms. The maximum absolute atomic E-state index is 11.3. The van der Waals surface area contributed by atoms with E-state index in [1.807, 2.05) is 6.20 Å². The van der Waals surface area contributed by atoms with Crippen LogP contribution < -0.4 is 20.3 Å².